The van der Waals surface area contributed by atoms with Crippen LogP contribution in [0.15, 0.2) is 0 Å². The highest BCUT2D eigenvalue weighted by atomic mass is 16.5. The predicted octanol–water partition coefficient (Wildman–Crippen LogP) is 1.55. The molecule has 0 bridgehead atoms. The zero-order chi connectivity index (χ0) is 14.5. The highest BCUT2D eigenvalue weighted by Crippen LogP contribution is 2.23. The number of amides is 2. The van der Waals surface area contributed by atoms with Gasteiger partial charge in [0.2, 0.25) is 0 Å². The average Bonchev–Trinajstić information content (AvgIpc) is 2.46. The summed E-state index contributed by atoms with van der Waals surface area (Å²) in [4.78, 5) is 27.1. The fourth-order valence-electron chi connectivity index (χ4n) is 3.13. The summed E-state index contributed by atoms with van der Waals surface area (Å²) in [5.41, 5.74) is 0. The quantitative estimate of drug-likeness (QED) is 0.853. The summed E-state index contributed by atoms with van der Waals surface area (Å²) >= 11 is 0. The molecular weight excluding hydrogens is 260 g/mol. The Balaban J connectivity index is 1.94. The largest absolute Gasteiger partial charge is 0.481 e. The molecule has 0 saturated carbocycles. The zero-order valence-electron chi connectivity index (χ0n) is 12.1. The molecule has 2 aliphatic rings. The first-order valence-corrected chi connectivity index (χ1v) is 7.42. The summed E-state index contributed by atoms with van der Waals surface area (Å²) < 4.78 is 5.31. The van der Waals surface area contributed by atoms with Gasteiger partial charge in [0.25, 0.3) is 0 Å². The Labute approximate surface area is 119 Å². The van der Waals surface area contributed by atoms with Crippen molar-refractivity contribution in [2.24, 2.45) is 0 Å². The second kappa shape index (κ2) is 6.92. The molecule has 2 aliphatic heterocycles. The first-order valence-electron chi connectivity index (χ1n) is 7.42. The summed E-state index contributed by atoms with van der Waals surface area (Å²) in [5, 5.41) is 8.97. The maximum Gasteiger partial charge on any atom is 0.320 e. The van der Waals surface area contributed by atoms with Crippen LogP contribution in [0.25, 0.3) is 0 Å². The standard InChI is InChI=1S/C14H24N2O4/c1-20-12-5-8-15(9-6-12)14(19)16-7-3-2-4-11(16)10-13(17)18/h11-12H,2-10H2,1H3,(H,17,18). The van der Waals surface area contributed by atoms with Crippen molar-refractivity contribution >= 4 is 12.0 Å². The van der Waals surface area contributed by atoms with Crippen molar-refractivity contribution in [2.45, 2.75) is 50.7 Å². The lowest BCUT2D eigenvalue weighted by Crippen LogP contribution is -2.53. The van der Waals surface area contributed by atoms with Gasteiger partial charge in [0, 0.05) is 32.8 Å². The molecule has 0 spiro atoms. The molecule has 1 unspecified atom stereocenters. The van der Waals surface area contributed by atoms with Crippen LogP contribution in [0.2, 0.25) is 0 Å². The fraction of sp³-hybridized carbons (Fsp3) is 0.857. The predicted molar refractivity (Wildman–Crippen MR) is 73.6 cm³/mol. The van der Waals surface area contributed by atoms with Crippen molar-refractivity contribution in [3.05, 3.63) is 0 Å². The molecule has 1 atom stereocenters. The second-order valence-corrected chi connectivity index (χ2v) is 5.65. The van der Waals surface area contributed by atoms with Crippen LogP contribution < -0.4 is 0 Å². The van der Waals surface area contributed by atoms with Crippen LogP contribution in [-0.2, 0) is 9.53 Å². The third kappa shape index (κ3) is 3.62. The number of piperidine rings is 2. The Hall–Kier alpha value is -1.30. The first-order chi connectivity index (χ1) is 9.61. The van der Waals surface area contributed by atoms with Gasteiger partial charge in [-0.05, 0) is 32.1 Å². The molecule has 6 heteroatoms. The monoisotopic (exact) mass is 284 g/mol. The third-order valence-electron chi connectivity index (χ3n) is 4.33. The lowest BCUT2D eigenvalue weighted by molar-refractivity contribution is -0.138. The Kier molecular flexibility index (Phi) is 5.23. The van der Waals surface area contributed by atoms with E-state index in [0.717, 1.165) is 32.1 Å². The van der Waals surface area contributed by atoms with Gasteiger partial charge < -0.3 is 19.6 Å². The molecule has 2 rings (SSSR count). The van der Waals surface area contributed by atoms with E-state index in [4.69, 9.17) is 9.84 Å². The number of nitrogens with zero attached hydrogens (tertiary/aromatic N) is 2. The van der Waals surface area contributed by atoms with Gasteiger partial charge in [0.1, 0.15) is 0 Å². The molecular formula is C14H24N2O4. The van der Waals surface area contributed by atoms with Gasteiger partial charge in [-0.1, -0.05) is 0 Å². The van der Waals surface area contributed by atoms with Crippen molar-refractivity contribution in [1.82, 2.24) is 9.80 Å². The highest BCUT2D eigenvalue weighted by Gasteiger charge is 2.32. The number of carbonyl (C=O) groups excluding carboxylic acids is 1. The van der Waals surface area contributed by atoms with E-state index in [1.54, 1.807) is 12.0 Å². The molecule has 0 aliphatic carbocycles. The number of hydrogen-bond donors (Lipinski definition) is 1. The topological polar surface area (TPSA) is 70.1 Å². The average molecular weight is 284 g/mol. The maximum atomic E-state index is 12.6. The van der Waals surface area contributed by atoms with Crippen molar-refractivity contribution in [3.8, 4) is 0 Å². The number of urea groups is 1. The zero-order valence-corrected chi connectivity index (χ0v) is 12.1. The molecule has 2 fully saturated rings. The van der Waals surface area contributed by atoms with Gasteiger partial charge in [0.15, 0.2) is 0 Å². The van der Waals surface area contributed by atoms with E-state index in [1.807, 2.05) is 4.90 Å². The van der Waals surface area contributed by atoms with Crippen LogP contribution in [0.4, 0.5) is 4.79 Å². The van der Waals surface area contributed by atoms with Crippen molar-refractivity contribution in [1.29, 1.82) is 0 Å². The minimum absolute atomic E-state index is 0.00510. The summed E-state index contributed by atoms with van der Waals surface area (Å²) in [5.74, 6) is -0.826. The van der Waals surface area contributed by atoms with Crippen LogP contribution in [-0.4, -0.2) is 65.8 Å². The molecule has 0 aromatic heterocycles. The summed E-state index contributed by atoms with van der Waals surface area (Å²) in [6.07, 6.45) is 4.80. The van der Waals surface area contributed by atoms with E-state index in [-0.39, 0.29) is 24.6 Å². The van der Waals surface area contributed by atoms with Gasteiger partial charge in [-0.3, -0.25) is 4.79 Å². The van der Waals surface area contributed by atoms with E-state index in [2.05, 4.69) is 0 Å². The van der Waals surface area contributed by atoms with Gasteiger partial charge in [-0.25, -0.2) is 4.79 Å². The van der Waals surface area contributed by atoms with Gasteiger partial charge in [0.05, 0.1) is 12.5 Å². The van der Waals surface area contributed by atoms with E-state index >= 15 is 0 Å². The van der Waals surface area contributed by atoms with E-state index < -0.39 is 5.97 Å². The van der Waals surface area contributed by atoms with E-state index in [0.29, 0.717) is 19.6 Å². The summed E-state index contributed by atoms with van der Waals surface area (Å²) in [6.45, 7) is 2.09. The number of hydrogen-bond acceptors (Lipinski definition) is 3. The van der Waals surface area contributed by atoms with Gasteiger partial charge >= 0.3 is 12.0 Å². The number of rotatable bonds is 3. The Bertz CT molecular complexity index is 353. The highest BCUT2D eigenvalue weighted by molar-refractivity contribution is 5.76. The normalized spacial score (nSPS) is 24.8. The number of carboxylic acid groups (broad SMARTS) is 1. The number of carbonyl (C=O) groups is 2. The lowest BCUT2D eigenvalue weighted by Gasteiger charge is -2.40. The van der Waals surface area contributed by atoms with Gasteiger partial charge in [-0.2, -0.15) is 0 Å². The Morgan fingerprint density at radius 3 is 2.45 bits per heavy atom. The minimum atomic E-state index is -0.826. The van der Waals surface area contributed by atoms with Crippen molar-refractivity contribution < 1.29 is 19.4 Å². The number of methoxy groups -OCH3 is 1. The number of ether oxygens (including phenoxy) is 1. The minimum Gasteiger partial charge on any atom is -0.481 e. The van der Waals surface area contributed by atoms with E-state index in [9.17, 15) is 9.59 Å². The van der Waals surface area contributed by atoms with Gasteiger partial charge in [-0.15, -0.1) is 0 Å². The lowest BCUT2D eigenvalue weighted by atomic mass is 9.99. The summed E-state index contributed by atoms with van der Waals surface area (Å²) in [7, 11) is 1.70. The molecule has 2 saturated heterocycles. The van der Waals surface area contributed by atoms with Crippen LogP contribution in [0.1, 0.15) is 38.5 Å². The Morgan fingerprint density at radius 2 is 1.85 bits per heavy atom. The number of likely N-dealkylation sites (tertiary alicyclic amines) is 2. The van der Waals surface area contributed by atoms with E-state index in [1.165, 1.54) is 0 Å². The van der Waals surface area contributed by atoms with Crippen LogP contribution in [0.5, 0.6) is 0 Å². The number of carboxylic acids is 1. The smallest absolute Gasteiger partial charge is 0.320 e. The number of aliphatic carboxylic acids is 1. The van der Waals surface area contributed by atoms with Crippen LogP contribution in [0, 0.1) is 0 Å². The molecule has 0 radical (unpaired) electrons. The van der Waals surface area contributed by atoms with Crippen LogP contribution in [0.3, 0.4) is 0 Å². The molecule has 114 valence electrons. The van der Waals surface area contributed by atoms with Crippen LogP contribution >= 0.6 is 0 Å². The Morgan fingerprint density at radius 1 is 1.15 bits per heavy atom. The molecule has 6 nitrogen and oxygen atoms in total. The molecule has 0 aromatic carbocycles. The molecule has 0 aromatic rings. The van der Waals surface area contributed by atoms with Crippen molar-refractivity contribution in [2.75, 3.05) is 26.7 Å². The first kappa shape index (κ1) is 15.1. The molecule has 2 heterocycles. The third-order valence-corrected chi connectivity index (χ3v) is 4.33. The molecule has 1 N–H and O–H groups in total. The van der Waals surface area contributed by atoms with Crippen molar-refractivity contribution in [3.63, 3.8) is 0 Å². The maximum absolute atomic E-state index is 12.6. The fourth-order valence-corrected chi connectivity index (χ4v) is 3.13. The summed E-state index contributed by atoms with van der Waals surface area (Å²) in [6, 6.07) is -0.139. The molecule has 20 heavy (non-hydrogen) atoms. The molecule has 2 amide bonds. The second-order valence-electron chi connectivity index (χ2n) is 5.65. The SMILES string of the molecule is COC1CCN(C(=O)N2CCCCC2CC(=O)O)CC1.